The molecule has 0 unspecified atom stereocenters. The molecule has 1 heterocycles. The van der Waals surface area contributed by atoms with Crippen LogP contribution in [-0.4, -0.2) is 12.1 Å². The van der Waals surface area contributed by atoms with Crippen LogP contribution in [0.25, 0.3) is 0 Å². The molecule has 0 aliphatic heterocycles. The van der Waals surface area contributed by atoms with Gasteiger partial charge >= 0.3 is 0 Å². The number of terminal acetylenes is 1. The van der Waals surface area contributed by atoms with Crippen molar-refractivity contribution in [2.75, 3.05) is 7.11 Å². The highest BCUT2D eigenvalue weighted by Gasteiger charge is 1.98. The van der Waals surface area contributed by atoms with Gasteiger partial charge in [0.15, 0.2) is 0 Å². The van der Waals surface area contributed by atoms with Gasteiger partial charge in [-0.3, -0.25) is 0 Å². The number of pyridine rings is 1. The average molecular weight is 147 g/mol. The minimum absolute atomic E-state index is 0.629. The molecule has 0 aliphatic carbocycles. The number of rotatable bonds is 1. The van der Waals surface area contributed by atoms with Gasteiger partial charge < -0.3 is 4.74 Å². The van der Waals surface area contributed by atoms with Gasteiger partial charge in [0, 0.05) is 17.3 Å². The molecule has 0 fully saturated rings. The first kappa shape index (κ1) is 7.62. The summed E-state index contributed by atoms with van der Waals surface area (Å²) in [6.45, 7) is 1.91. The van der Waals surface area contributed by atoms with Gasteiger partial charge in [-0.05, 0) is 13.0 Å². The standard InChI is InChI=1S/C9H9NO/c1-4-8-5-7(2)9(11-3)10-6-8/h1,5-6H,2-3H3. The minimum Gasteiger partial charge on any atom is -0.481 e. The van der Waals surface area contributed by atoms with Crippen LogP contribution in [-0.2, 0) is 0 Å². The summed E-state index contributed by atoms with van der Waals surface area (Å²) >= 11 is 0. The molecule has 0 amide bonds. The third kappa shape index (κ3) is 1.50. The smallest absolute Gasteiger partial charge is 0.215 e. The van der Waals surface area contributed by atoms with Crippen LogP contribution in [0.5, 0.6) is 5.88 Å². The molecule has 1 aromatic rings. The molecule has 1 rings (SSSR count). The Bertz CT molecular complexity index is 299. The Morgan fingerprint density at radius 1 is 1.64 bits per heavy atom. The SMILES string of the molecule is C#Cc1cnc(OC)c(C)c1. The third-order valence-electron chi connectivity index (χ3n) is 1.39. The summed E-state index contributed by atoms with van der Waals surface area (Å²) in [7, 11) is 1.59. The molecule has 11 heavy (non-hydrogen) atoms. The van der Waals surface area contributed by atoms with E-state index in [1.807, 2.05) is 13.0 Å². The van der Waals surface area contributed by atoms with Crippen LogP contribution >= 0.6 is 0 Å². The van der Waals surface area contributed by atoms with Crippen molar-refractivity contribution in [3.63, 3.8) is 0 Å². The molecule has 0 spiro atoms. The zero-order chi connectivity index (χ0) is 8.27. The topological polar surface area (TPSA) is 22.1 Å². The Labute approximate surface area is 66.2 Å². The molecule has 2 heteroatoms. The maximum Gasteiger partial charge on any atom is 0.215 e. The molecule has 0 saturated heterocycles. The quantitative estimate of drug-likeness (QED) is 0.560. The van der Waals surface area contributed by atoms with E-state index in [2.05, 4.69) is 10.9 Å². The first-order valence-electron chi connectivity index (χ1n) is 3.25. The fourth-order valence-electron chi connectivity index (χ4n) is 0.855. The lowest BCUT2D eigenvalue weighted by molar-refractivity contribution is 0.394. The predicted molar refractivity (Wildman–Crippen MR) is 43.5 cm³/mol. The summed E-state index contributed by atoms with van der Waals surface area (Å²) in [5, 5.41) is 0. The van der Waals surface area contributed by atoms with E-state index in [0.717, 1.165) is 11.1 Å². The summed E-state index contributed by atoms with van der Waals surface area (Å²) in [4.78, 5) is 4.00. The molecule has 0 radical (unpaired) electrons. The van der Waals surface area contributed by atoms with Crippen LogP contribution in [0, 0.1) is 19.3 Å². The van der Waals surface area contributed by atoms with Crippen molar-refractivity contribution in [3.8, 4) is 18.2 Å². The molecular formula is C9H9NO. The molecule has 0 aliphatic rings. The molecule has 0 aromatic carbocycles. The second-order valence-electron chi connectivity index (χ2n) is 2.19. The highest BCUT2D eigenvalue weighted by atomic mass is 16.5. The van der Waals surface area contributed by atoms with Crippen LogP contribution in [0.15, 0.2) is 12.3 Å². The van der Waals surface area contributed by atoms with Crippen molar-refractivity contribution in [2.45, 2.75) is 6.92 Å². The van der Waals surface area contributed by atoms with Crippen molar-refractivity contribution in [1.29, 1.82) is 0 Å². The van der Waals surface area contributed by atoms with Crippen LogP contribution < -0.4 is 4.74 Å². The molecule has 0 saturated carbocycles. The fraction of sp³-hybridized carbons (Fsp3) is 0.222. The van der Waals surface area contributed by atoms with E-state index in [4.69, 9.17) is 11.2 Å². The minimum atomic E-state index is 0.629. The van der Waals surface area contributed by atoms with Gasteiger partial charge in [-0.1, -0.05) is 5.92 Å². The van der Waals surface area contributed by atoms with Crippen molar-refractivity contribution in [2.24, 2.45) is 0 Å². The average Bonchev–Trinajstić information content (AvgIpc) is 2.04. The maximum absolute atomic E-state index is 5.18. The zero-order valence-corrected chi connectivity index (χ0v) is 6.59. The lowest BCUT2D eigenvalue weighted by Crippen LogP contribution is -1.91. The number of ether oxygens (including phenoxy) is 1. The van der Waals surface area contributed by atoms with Crippen LogP contribution in [0.1, 0.15) is 11.1 Å². The molecule has 0 bridgehead atoms. The number of nitrogens with zero attached hydrogens (tertiary/aromatic N) is 1. The summed E-state index contributed by atoms with van der Waals surface area (Å²) < 4.78 is 4.96. The van der Waals surface area contributed by atoms with E-state index in [-0.39, 0.29) is 0 Å². The van der Waals surface area contributed by atoms with Crippen LogP contribution in [0.3, 0.4) is 0 Å². The van der Waals surface area contributed by atoms with Gasteiger partial charge in [0.2, 0.25) is 5.88 Å². The van der Waals surface area contributed by atoms with E-state index in [0.29, 0.717) is 5.88 Å². The first-order chi connectivity index (χ1) is 5.27. The highest BCUT2D eigenvalue weighted by molar-refractivity contribution is 5.36. The Hall–Kier alpha value is -1.49. The van der Waals surface area contributed by atoms with Crippen molar-refractivity contribution < 1.29 is 4.74 Å². The summed E-state index contributed by atoms with van der Waals surface area (Å²) in [5.41, 5.74) is 1.74. The zero-order valence-electron chi connectivity index (χ0n) is 6.59. The molecule has 56 valence electrons. The van der Waals surface area contributed by atoms with E-state index < -0.39 is 0 Å². The van der Waals surface area contributed by atoms with E-state index in [1.165, 1.54) is 0 Å². The molecule has 2 nitrogen and oxygen atoms in total. The van der Waals surface area contributed by atoms with E-state index >= 15 is 0 Å². The van der Waals surface area contributed by atoms with Crippen molar-refractivity contribution >= 4 is 0 Å². The van der Waals surface area contributed by atoms with Crippen molar-refractivity contribution in [3.05, 3.63) is 23.4 Å². The Kier molecular flexibility index (Phi) is 2.12. The number of methoxy groups -OCH3 is 1. The summed E-state index contributed by atoms with van der Waals surface area (Å²) in [6, 6.07) is 1.87. The normalized spacial score (nSPS) is 8.82. The van der Waals surface area contributed by atoms with Crippen molar-refractivity contribution in [1.82, 2.24) is 4.98 Å². The van der Waals surface area contributed by atoms with Gasteiger partial charge in [-0.15, -0.1) is 6.42 Å². The predicted octanol–water partition coefficient (Wildman–Crippen LogP) is 1.38. The van der Waals surface area contributed by atoms with Crippen LogP contribution in [0.2, 0.25) is 0 Å². The molecular weight excluding hydrogens is 138 g/mol. The number of aryl methyl sites for hydroxylation is 1. The number of aromatic nitrogens is 1. The Morgan fingerprint density at radius 3 is 2.82 bits per heavy atom. The van der Waals surface area contributed by atoms with E-state index in [1.54, 1.807) is 13.3 Å². The van der Waals surface area contributed by atoms with Gasteiger partial charge in [-0.2, -0.15) is 0 Å². The molecule has 0 atom stereocenters. The number of hydrogen-bond donors (Lipinski definition) is 0. The van der Waals surface area contributed by atoms with Gasteiger partial charge in [0.25, 0.3) is 0 Å². The Morgan fingerprint density at radius 2 is 2.36 bits per heavy atom. The van der Waals surface area contributed by atoms with Gasteiger partial charge in [0.1, 0.15) is 0 Å². The lowest BCUT2D eigenvalue weighted by Gasteiger charge is -2.01. The third-order valence-corrected chi connectivity index (χ3v) is 1.39. The maximum atomic E-state index is 5.18. The van der Waals surface area contributed by atoms with Gasteiger partial charge in [-0.25, -0.2) is 4.98 Å². The summed E-state index contributed by atoms with van der Waals surface area (Å²) in [5.74, 6) is 3.13. The summed E-state index contributed by atoms with van der Waals surface area (Å²) in [6.07, 6.45) is 6.80. The Balaban J connectivity index is 3.12. The first-order valence-corrected chi connectivity index (χ1v) is 3.25. The second-order valence-corrected chi connectivity index (χ2v) is 2.19. The van der Waals surface area contributed by atoms with Crippen LogP contribution in [0.4, 0.5) is 0 Å². The number of hydrogen-bond acceptors (Lipinski definition) is 2. The fourth-order valence-corrected chi connectivity index (χ4v) is 0.855. The molecule has 1 aromatic heterocycles. The highest BCUT2D eigenvalue weighted by Crippen LogP contribution is 2.13. The lowest BCUT2D eigenvalue weighted by atomic mass is 10.2. The van der Waals surface area contributed by atoms with Gasteiger partial charge in [0.05, 0.1) is 7.11 Å². The van der Waals surface area contributed by atoms with E-state index in [9.17, 15) is 0 Å². The molecule has 0 N–H and O–H groups in total. The second kappa shape index (κ2) is 3.07. The monoisotopic (exact) mass is 147 g/mol. The largest absolute Gasteiger partial charge is 0.481 e.